The Hall–Kier alpha value is -0.890. The van der Waals surface area contributed by atoms with Gasteiger partial charge in [0.05, 0.1) is 5.69 Å². The number of allylic oxidation sites excluding steroid dienone is 1. The number of hydrogen-bond donors (Lipinski definition) is 0. The summed E-state index contributed by atoms with van der Waals surface area (Å²) in [6, 6.07) is 8.50. The van der Waals surface area contributed by atoms with Gasteiger partial charge < -0.3 is 4.90 Å². The molecule has 0 N–H and O–H groups in total. The summed E-state index contributed by atoms with van der Waals surface area (Å²) < 4.78 is 0. The molecule has 1 aromatic carbocycles. The number of benzene rings is 1. The van der Waals surface area contributed by atoms with Crippen LogP contribution in [-0.2, 0) is 0 Å². The number of anilines is 1. The third-order valence-corrected chi connectivity index (χ3v) is 3.41. The zero-order valence-electron chi connectivity index (χ0n) is 7.79. The lowest BCUT2D eigenvalue weighted by molar-refractivity contribution is 0.996. The molecule has 0 radical (unpaired) electrons. The number of para-hydroxylation sites is 1. The van der Waals surface area contributed by atoms with Crippen molar-refractivity contribution < 1.29 is 0 Å². The highest BCUT2D eigenvalue weighted by molar-refractivity contribution is 7.99. The van der Waals surface area contributed by atoms with Crippen LogP contribution in [0, 0.1) is 0 Å². The number of hydrogen-bond acceptors (Lipinski definition) is 2. The average Bonchev–Trinajstić information content (AvgIpc) is 2.29. The topological polar surface area (TPSA) is 3.24 Å². The van der Waals surface area contributed by atoms with Gasteiger partial charge in [-0.1, -0.05) is 18.7 Å². The van der Waals surface area contributed by atoms with Gasteiger partial charge in [-0.15, -0.1) is 11.8 Å². The first kappa shape index (κ1) is 8.70. The summed E-state index contributed by atoms with van der Waals surface area (Å²) in [6.45, 7) is 4.07. The minimum absolute atomic E-state index is 1.08. The van der Waals surface area contributed by atoms with Crippen molar-refractivity contribution in [3.05, 3.63) is 36.5 Å². The van der Waals surface area contributed by atoms with Crippen molar-refractivity contribution in [1.29, 1.82) is 0 Å². The van der Waals surface area contributed by atoms with E-state index in [0.29, 0.717) is 0 Å². The molecule has 0 aliphatic carbocycles. The van der Waals surface area contributed by atoms with E-state index in [4.69, 9.17) is 0 Å². The summed E-state index contributed by atoms with van der Waals surface area (Å²) in [7, 11) is 2.09. The zero-order chi connectivity index (χ0) is 9.26. The smallest absolute Gasteiger partial charge is 0.0543 e. The first-order valence-electron chi connectivity index (χ1n) is 4.42. The van der Waals surface area contributed by atoms with Crippen molar-refractivity contribution >= 4 is 17.4 Å². The summed E-state index contributed by atoms with van der Waals surface area (Å²) in [4.78, 5) is 3.55. The van der Waals surface area contributed by atoms with Gasteiger partial charge in [-0.05, 0) is 18.6 Å². The van der Waals surface area contributed by atoms with Crippen molar-refractivity contribution in [1.82, 2.24) is 0 Å². The lowest BCUT2D eigenvalue weighted by Crippen LogP contribution is -2.14. The molecule has 0 aromatic heterocycles. The Balaban J connectivity index is 2.46. The van der Waals surface area contributed by atoms with Crippen molar-refractivity contribution in [2.45, 2.75) is 11.3 Å². The fraction of sp³-hybridized carbons (Fsp3) is 0.273. The quantitative estimate of drug-likeness (QED) is 0.620. The predicted octanol–water partition coefficient (Wildman–Crippen LogP) is 3.13. The van der Waals surface area contributed by atoms with Gasteiger partial charge in [0.1, 0.15) is 0 Å². The van der Waals surface area contributed by atoms with Crippen LogP contribution in [0.15, 0.2) is 41.4 Å². The van der Waals surface area contributed by atoms with E-state index in [1.165, 1.54) is 16.3 Å². The Kier molecular flexibility index (Phi) is 2.32. The average molecular weight is 191 g/mol. The Bertz CT molecular complexity index is 333. The maximum absolute atomic E-state index is 4.07. The lowest BCUT2D eigenvalue weighted by atomic mass is 10.2. The normalized spacial score (nSPS) is 16.7. The summed E-state index contributed by atoms with van der Waals surface area (Å²) in [5.41, 5.74) is 2.49. The minimum atomic E-state index is 1.08. The molecule has 1 aliphatic rings. The SMILES string of the molecule is C=C1CCSc2ccccc2N1C. The molecule has 2 heteroatoms. The van der Waals surface area contributed by atoms with Crippen molar-refractivity contribution in [3.63, 3.8) is 0 Å². The van der Waals surface area contributed by atoms with Crippen LogP contribution in [0.5, 0.6) is 0 Å². The third-order valence-electron chi connectivity index (χ3n) is 2.35. The van der Waals surface area contributed by atoms with Crippen LogP contribution in [0.1, 0.15) is 6.42 Å². The van der Waals surface area contributed by atoms with Gasteiger partial charge in [-0.25, -0.2) is 0 Å². The summed E-state index contributed by atoms with van der Waals surface area (Å²) >= 11 is 1.91. The highest BCUT2D eigenvalue weighted by Crippen LogP contribution is 2.35. The maximum Gasteiger partial charge on any atom is 0.0543 e. The van der Waals surface area contributed by atoms with Gasteiger partial charge in [0.25, 0.3) is 0 Å². The molecular weight excluding hydrogens is 178 g/mol. The molecule has 0 bridgehead atoms. The molecule has 1 heterocycles. The van der Waals surface area contributed by atoms with Gasteiger partial charge >= 0.3 is 0 Å². The Morgan fingerprint density at radius 3 is 3.00 bits per heavy atom. The fourth-order valence-corrected chi connectivity index (χ4v) is 2.56. The van der Waals surface area contributed by atoms with E-state index in [1.54, 1.807) is 0 Å². The lowest BCUT2D eigenvalue weighted by Gasteiger charge is -2.20. The first-order valence-corrected chi connectivity index (χ1v) is 5.41. The molecule has 0 unspecified atom stereocenters. The second-order valence-corrected chi connectivity index (χ2v) is 4.33. The molecule has 1 nitrogen and oxygen atoms in total. The maximum atomic E-state index is 4.07. The van der Waals surface area contributed by atoms with Crippen molar-refractivity contribution in [2.24, 2.45) is 0 Å². The minimum Gasteiger partial charge on any atom is -0.348 e. The second kappa shape index (κ2) is 3.46. The third kappa shape index (κ3) is 1.59. The van der Waals surface area contributed by atoms with E-state index in [0.717, 1.165) is 12.2 Å². The molecule has 0 saturated heterocycles. The molecule has 68 valence electrons. The number of thioether (sulfide) groups is 1. The molecule has 2 rings (SSSR count). The largest absolute Gasteiger partial charge is 0.348 e. The first-order chi connectivity index (χ1) is 6.29. The second-order valence-electron chi connectivity index (χ2n) is 3.19. The van der Waals surface area contributed by atoms with Gasteiger partial charge in [0.2, 0.25) is 0 Å². The predicted molar refractivity (Wildman–Crippen MR) is 59.3 cm³/mol. The van der Waals surface area contributed by atoms with Gasteiger partial charge in [0.15, 0.2) is 0 Å². The van der Waals surface area contributed by atoms with Crippen LogP contribution in [0.2, 0.25) is 0 Å². The molecule has 0 atom stereocenters. The monoisotopic (exact) mass is 191 g/mol. The van der Waals surface area contributed by atoms with E-state index < -0.39 is 0 Å². The van der Waals surface area contributed by atoms with E-state index in [9.17, 15) is 0 Å². The van der Waals surface area contributed by atoms with Crippen LogP contribution in [-0.4, -0.2) is 12.8 Å². The molecule has 0 amide bonds. The summed E-state index contributed by atoms with van der Waals surface area (Å²) in [5.74, 6) is 1.14. The number of rotatable bonds is 0. The van der Waals surface area contributed by atoms with Crippen LogP contribution in [0.25, 0.3) is 0 Å². The standard InChI is InChI=1S/C11H13NS/c1-9-7-8-13-11-6-4-3-5-10(11)12(9)2/h3-6H,1,7-8H2,2H3. The molecule has 0 spiro atoms. The molecule has 0 fully saturated rings. The zero-order valence-corrected chi connectivity index (χ0v) is 8.60. The van der Waals surface area contributed by atoms with Crippen molar-refractivity contribution in [3.8, 4) is 0 Å². The van der Waals surface area contributed by atoms with Crippen molar-refractivity contribution in [2.75, 3.05) is 17.7 Å². The fourth-order valence-electron chi connectivity index (χ4n) is 1.47. The van der Waals surface area contributed by atoms with Gasteiger partial charge in [0, 0.05) is 23.4 Å². The highest BCUT2D eigenvalue weighted by Gasteiger charge is 2.13. The van der Waals surface area contributed by atoms with E-state index in [2.05, 4.69) is 42.8 Å². The van der Waals surface area contributed by atoms with Gasteiger partial charge in [-0.2, -0.15) is 0 Å². The van der Waals surface area contributed by atoms with E-state index >= 15 is 0 Å². The van der Waals surface area contributed by atoms with Gasteiger partial charge in [-0.3, -0.25) is 0 Å². The van der Waals surface area contributed by atoms with Crippen LogP contribution < -0.4 is 4.90 Å². The Morgan fingerprint density at radius 2 is 2.15 bits per heavy atom. The number of fused-ring (bicyclic) bond motifs is 1. The van der Waals surface area contributed by atoms with E-state index in [-0.39, 0.29) is 0 Å². The van der Waals surface area contributed by atoms with E-state index in [1.807, 2.05) is 11.8 Å². The molecule has 1 aliphatic heterocycles. The number of nitrogens with zero attached hydrogens (tertiary/aromatic N) is 1. The van der Waals surface area contributed by atoms with Crippen LogP contribution in [0.4, 0.5) is 5.69 Å². The highest BCUT2D eigenvalue weighted by atomic mass is 32.2. The molecular formula is C11H13NS. The van der Waals surface area contributed by atoms with Crippen LogP contribution in [0.3, 0.4) is 0 Å². The Labute approximate surface area is 83.4 Å². The molecule has 1 aromatic rings. The molecule has 13 heavy (non-hydrogen) atoms. The summed E-state index contributed by atoms with van der Waals surface area (Å²) in [5, 5.41) is 0. The summed E-state index contributed by atoms with van der Waals surface area (Å²) in [6.07, 6.45) is 1.08. The van der Waals surface area contributed by atoms with Crippen LogP contribution >= 0.6 is 11.8 Å². The Morgan fingerprint density at radius 1 is 1.38 bits per heavy atom. The molecule has 0 saturated carbocycles.